The van der Waals surface area contributed by atoms with Gasteiger partial charge >= 0.3 is 5.97 Å². The fraction of sp³-hybridized carbons (Fsp3) is 0.714. The van der Waals surface area contributed by atoms with Crippen LogP contribution in [0.4, 0.5) is 0 Å². The molecule has 3 nitrogen and oxygen atoms in total. The van der Waals surface area contributed by atoms with Gasteiger partial charge in [-0.2, -0.15) is 0 Å². The molecule has 0 saturated heterocycles. The molecule has 0 aliphatic carbocycles. The number of carbonyl (C=O) groups is 1. The van der Waals surface area contributed by atoms with Crippen molar-refractivity contribution < 1.29 is 9.90 Å². The zero-order valence-electron chi connectivity index (χ0n) is 20.7. The second-order valence-corrected chi connectivity index (χ2v) is 11.7. The van der Waals surface area contributed by atoms with Gasteiger partial charge in [0.25, 0.3) is 0 Å². The van der Waals surface area contributed by atoms with E-state index in [1.165, 1.54) is 94.6 Å². The molecule has 186 valence electrons. The largest absolute Gasteiger partial charge is 0.481 e. The zero-order valence-corrected chi connectivity index (χ0v) is 22.4. The Morgan fingerprint density at radius 2 is 1.36 bits per heavy atom. The van der Waals surface area contributed by atoms with E-state index < -0.39 is 5.97 Å². The zero-order chi connectivity index (χ0) is 23.6. The Morgan fingerprint density at radius 1 is 0.848 bits per heavy atom. The Kier molecular flexibility index (Phi) is 15.6. The highest BCUT2D eigenvalue weighted by atomic mass is 32.2. The molecule has 1 heterocycles. The average molecular weight is 492 g/mol. The van der Waals surface area contributed by atoms with Gasteiger partial charge in [0.2, 0.25) is 0 Å². The fourth-order valence-corrected chi connectivity index (χ4v) is 6.52. The predicted molar refractivity (Wildman–Crippen MR) is 146 cm³/mol. The first-order valence-electron chi connectivity index (χ1n) is 13.4. The van der Waals surface area contributed by atoms with E-state index in [1.54, 1.807) is 23.1 Å². The molecule has 1 aromatic carbocycles. The van der Waals surface area contributed by atoms with Crippen molar-refractivity contribution in [3.63, 3.8) is 0 Å². The molecule has 0 aliphatic rings. The number of unbranched alkanes of at least 4 members (excludes halogenated alkanes) is 15. The van der Waals surface area contributed by atoms with Crippen molar-refractivity contribution in [3.05, 3.63) is 24.3 Å². The number of aromatic nitrogens is 1. The third kappa shape index (κ3) is 12.8. The summed E-state index contributed by atoms with van der Waals surface area (Å²) in [5.41, 5.74) is 1.01. The molecule has 0 radical (unpaired) electrons. The molecular formula is C28H45NO2S2. The lowest BCUT2D eigenvalue weighted by Gasteiger charge is -2.10. The van der Waals surface area contributed by atoms with E-state index in [1.807, 2.05) is 18.2 Å². The number of carboxylic acid groups (broad SMARTS) is 1. The van der Waals surface area contributed by atoms with E-state index in [0.29, 0.717) is 5.75 Å². The van der Waals surface area contributed by atoms with Crippen LogP contribution in [0.1, 0.15) is 116 Å². The van der Waals surface area contributed by atoms with Crippen LogP contribution in [0.2, 0.25) is 0 Å². The first kappa shape index (κ1) is 28.2. The number of benzene rings is 1. The molecule has 2 aromatic rings. The van der Waals surface area contributed by atoms with Crippen LogP contribution in [0.15, 0.2) is 28.6 Å². The number of rotatable bonds is 21. The number of hydrogen-bond acceptors (Lipinski definition) is 4. The third-order valence-electron chi connectivity index (χ3n) is 6.44. The maximum Gasteiger partial charge on any atom is 0.307 e. The van der Waals surface area contributed by atoms with E-state index in [-0.39, 0.29) is 5.92 Å². The summed E-state index contributed by atoms with van der Waals surface area (Å²) in [6, 6.07) is 8.10. The second kappa shape index (κ2) is 18.3. The Bertz CT molecular complexity index is 728. The van der Waals surface area contributed by atoms with Crippen molar-refractivity contribution in [1.29, 1.82) is 0 Å². The van der Waals surface area contributed by atoms with Crippen LogP contribution in [0.5, 0.6) is 0 Å². The van der Waals surface area contributed by atoms with Crippen molar-refractivity contribution in [2.45, 2.75) is 120 Å². The minimum Gasteiger partial charge on any atom is -0.481 e. The van der Waals surface area contributed by atoms with Gasteiger partial charge in [-0.05, 0) is 18.6 Å². The van der Waals surface area contributed by atoms with Gasteiger partial charge in [-0.25, -0.2) is 4.98 Å². The molecule has 0 aliphatic heterocycles. The highest BCUT2D eigenvalue weighted by Crippen LogP contribution is 2.31. The number of thiazole rings is 1. The highest BCUT2D eigenvalue weighted by molar-refractivity contribution is 8.01. The number of carboxylic acids is 1. The van der Waals surface area contributed by atoms with Crippen LogP contribution >= 0.6 is 23.1 Å². The molecule has 0 saturated carbocycles. The minimum atomic E-state index is -0.662. The summed E-state index contributed by atoms with van der Waals surface area (Å²) in [7, 11) is 0. The van der Waals surface area contributed by atoms with Crippen LogP contribution in [-0.2, 0) is 4.79 Å². The van der Waals surface area contributed by atoms with Gasteiger partial charge in [-0.1, -0.05) is 134 Å². The van der Waals surface area contributed by atoms with Crippen LogP contribution in [0.25, 0.3) is 10.2 Å². The van der Waals surface area contributed by atoms with Gasteiger partial charge in [0.15, 0.2) is 4.34 Å². The predicted octanol–water partition coefficient (Wildman–Crippen LogP) is 9.74. The summed E-state index contributed by atoms with van der Waals surface area (Å²) < 4.78 is 2.15. The molecule has 5 heteroatoms. The maximum atomic E-state index is 11.7. The second-order valence-electron chi connectivity index (χ2n) is 9.39. The van der Waals surface area contributed by atoms with E-state index in [9.17, 15) is 9.90 Å². The van der Waals surface area contributed by atoms with E-state index >= 15 is 0 Å². The summed E-state index contributed by atoms with van der Waals surface area (Å²) >= 11 is 3.26. The lowest BCUT2D eigenvalue weighted by Crippen LogP contribution is -2.16. The van der Waals surface area contributed by atoms with Gasteiger partial charge in [-0.15, -0.1) is 11.3 Å². The van der Waals surface area contributed by atoms with Crippen LogP contribution in [0, 0.1) is 5.92 Å². The summed E-state index contributed by atoms with van der Waals surface area (Å²) in [6.07, 6.45) is 22.3. The molecule has 0 amide bonds. The molecule has 1 unspecified atom stereocenters. The van der Waals surface area contributed by atoms with Crippen LogP contribution in [0.3, 0.4) is 0 Å². The Labute approximate surface area is 210 Å². The lowest BCUT2D eigenvalue weighted by atomic mass is 10.0. The molecular weight excluding hydrogens is 446 g/mol. The van der Waals surface area contributed by atoms with E-state index in [2.05, 4.69) is 18.0 Å². The molecule has 2 rings (SSSR count). The number of para-hydroxylation sites is 1. The SMILES string of the molecule is CCCCCCCCCCCCCCCCCCC(CSc1nc2ccccc2s1)C(=O)O. The number of fused-ring (bicyclic) bond motifs is 1. The monoisotopic (exact) mass is 491 g/mol. The number of thioether (sulfide) groups is 1. The van der Waals surface area contributed by atoms with E-state index in [0.717, 1.165) is 29.1 Å². The maximum absolute atomic E-state index is 11.7. The van der Waals surface area contributed by atoms with Crippen LogP contribution < -0.4 is 0 Å². The van der Waals surface area contributed by atoms with E-state index in [4.69, 9.17) is 0 Å². The number of nitrogens with zero attached hydrogens (tertiary/aromatic N) is 1. The smallest absolute Gasteiger partial charge is 0.307 e. The van der Waals surface area contributed by atoms with Gasteiger partial charge < -0.3 is 5.11 Å². The van der Waals surface area contributed by atoms with Gasteiger partial charge in [-0.3, -0.25) is 4.79 Å². The molecule has 0 fully saturated rings. The normalized spacial score (nSPS) is 12.4. The summed E-state index contributed by atoms with van der Waals surface area (Å²) in [6.45, 7) is 2.28. The van der Waals surface area contributed by atoms with Crippen molar-refractivity contribution >= 4 is 39.3 Å². The average Bonchev–Trinajstić information content (AvgIpc) is 3.23. The first-order valence-corrected chi connectivity index (χ1v) is 15.2. The number of hydrogen-bond donors (Lipinski definition) is 1. The summed E-state index contributed by atoms with van der Waals surface area (Å²) in [4.78, 5) is 16.3. The minimum absolute atomic E-state index is 0.270. The first-order chi connectivity index (χ1) is 16.2. The molecule has 1 aromatic heterocycles. The summed E-state index contributed by atoms with van der Waals surface area (Å²) in [5.74, 6) is -0.313. The van der Waals surface area contributed by atoms with Crippen LogP contribution in [-0.4, -0.2) is 21.8 Å². The molecule has 0 bridgehead atoms. The van der Waals surface area contributed by atoms with Gasteiger partial charge in [0.05, 0.1) is 16.1 Å². The number of aliphatic carboxylic acids is 1. The fourth-order valence-electron chi connectivity index (χ4n) is 4.30. The third-order valence-corrected chi connectivity index (χ3v) is 8.78. The van der Waals surface area contributed by atoms with Crippen molar-refractivity contribution in [3.8, 4) is 0 Å². The molecule has 33 heavy (non-hydrogen) atoms. The van der Waals surface area contributed by atoms with Crippen molar-refractivity contribution in [2.75, 3.05) is 5.75 Å². The highest BCUT2D eigenvalue weighted by Gasteiger charge is 2.18. The molecule has 0 spiro atoms. The molecule has 1 atom stereocenters. The Balaban J connectivity index is 1.42. The Morgan fingerprint density at radius 3 is 1.88 bits per heavy atom. The van der Waals surface area contributed by atoms with Crippen molar-refractivity contribution in [1.82, 2.24) is 4.98 Å². The van der Waals surface area contributed by atoms with Gasteiger partial charge in [0, 0.05) is 5.75 Å². The van der Waals surface area contributed by atoms with Gasteiger partial charge in [0.1, 0.15) is 0 Å². The van der Waals surface area contributed by atoms with Crippen molar-refractivity contribution in [2.24, 2.45) is 5.92 Å². The Hall–Kier alpha value is -1.07. The topological polar surface area (TPSA) is 50.2 Å². The quantitative estimate of drug-likeness (QED) is 0.139. The standard InChI is InChI=1S/C28H45NO2S2/c1-2-3-4-5-6-7-8-9-10-11-12-13-14-15-16-17-20-24(27(30)31)23-32-28-29-25-21-18-19-22-26(25)33-28/h18-19,21-22,24H,2-17,20,23H2,1H3,(H,30,31). The summed E-state index contributed by atoms with van der Waals surface area (Å²) in [5, 5.41) is 9.59. The molecule has 1 N–H and O–H groups in total. The lowest BCUT2D eigenvalue weighted by molar-refractivity contribution is -0.141.